The van der Waals surface area contributed by atoms with E-state index in [9.17, 15) is 31.1 Å². The second kappa shape index (κ2) is 8.36. The van der Waals surface area contributed by atoms with Crippen LogP contribution >= 0.6 is 23.2 Å². The summed E-state index contributed by atoms with van der Waals surface area (Å²) in [6.07, 6.45) is 0.220. The minimum absolute atomic E-state index is 0.220. The van der Waals surface area contributed by atoms with E-state index in [1.165, 1.54) is 0 Å². The molecule has 0 aliphatic heterocycles. The van der Waals surface area contributed by atoms with Crippen molar-refractivity contribution in [3.63, 3.8) is 0 Å². The first-order chi connectivity index (χ1) is 14.1. The molecule has 0 bridgehead atoms. The van der Waals surface area contributed by atoms with Gasteiger partial charge in [-0.25, -0.2) is 0 Å². The van der Waals surface area contributed by atoms with Crippen molar-refractivity contribution >= 4 is 29.5 Å². The molecule has 0 fully saturated rings. The van der Waals surface area contributed by atoms with E-state index in [1.54, 1.807) is 0 Å². The molecule has 13 heteroatoms. The van der Waals surface area contributed by atoms with Crippen LogP contribution in [0, 0.1) is 35.4 Å². The number of pyridine rings is 2. The molecule has 0 saturated heterocycles. The van der Waals surface area contributed by atoms with Gasteiger partial charge in [-0.15, -0.1) is 0 Å². The Morgan fingerprint density at radius 2 is 1.27 bits per heavy atom. The molecule has 0 spiro atoms. The van der Waals surface area contributed by atoms with E-state index in [4.69, 9.17) is 32.7 Å². The Kier molecular flexibility index (Phi) is 6.04. The third-order valence-electron chi connectivity index (χ3n) is 3.46. The maximum absolute atomic E-state index is 13.9. The molecule has 0 atom stereocenters. The van der Waals surface area contributed by atoms with Crippen LogP contribution in [0.2, 0.25) is 10.0 Å². The molecule has 0 amide bonds. The molecule has 3 rings (SSSR count). The van der Waals surface area contributed by atoms with Crippen LogP contribution in [0.1, 0.15) is 10.4 Å². The first kappa shape index (κ1) is 21.7. The number of carbonyl (C=O) groups is 1. The first-order valence-corrected chi connectivity index (χ1v) is 8.24. The number of ether oxygens (including phenoxy) is 2. The Labute approximate surface area is 172 Å². The highest BCUT2D eigenvalue weighted by molar-refractivity contribution is 6.32. The minimum Gasteiger partial charge on any atom is -0.452 e. The zero-order valence-electron chi connectivity index (χ0n) is 14.0. The van der Waals surface area contributed by atoms with E-state index >= 15 is 0 Å². The molecule has 30 heavy (non-hydrogen) atoms. The second-order valence-corrected chi connectivity index (χ2v) is 6.08. The summed E-state index contributed by atoms with van der Waals surface area (Å²) in [4.78, 5) is 16.4. The number of rotatable bonds is 5. The highest BCUT2D eigenvalue weighted by Gasteiger charge is 2.24. The van der Waals surface area contributed by atoms with Crippen LogP contribution in [0.25, 0.3) is 0 Å². The highest BCUT2D eigenvalue weighted by Crippen LogP contribution is 2.39. The van der Waals surface area contributed by atoms with Crippen LogP contribution < -0.4 is 9.47 Å². The summed E-state index contributed by atoms with van der Waals surface area (Å²) in [5.74, 6) is -13.6. The largest absolute Gasteiger partial charge is 0.452 e. The molecule has 0 saturated carbocycles. The fraction of sp³-hybridized carbons (Fsp3) is 0. The fourth-order valence-electron chi connectivity index (χ4n) is 2.11. The molecule has 0 aliphatic rings. The minimum atomic E-state index is -1.87. The van der Waals surface area contributed by atoms with Gasteiger partial charge in [-0.2, -0.15) is 36.3 Å². The fourth-order valence-corrected chi connectivity index (χ4v) is 2.43. The number of benzene rings is 1. The van der Waals surface area contributed by atoms with E-state index < -0.39 is 68.5 Å². The molecule has 2 heterocycles. The molecular formula is C17H4Cl2F6N2O3. The van der Waals surface area contributed by atoms with Crippen LogP contribution in [-0.4, -0.2) is 16.3 Å². The second-order valence-electron chi connectivity index (χ2n) is 5.32. The normalized spacial score (nSPS) is 10.8. The monoisotopic (exact) mass is 468 g/mol. The number of hydrogen-bond donors (Lipinski definition) is 0. The summed E-state index contributed by atoms with van der Waals surface area (Å²) >= 11 is 11.0. The summed E-state index contributed by atoms with van der Waals surface area (Å²) < 4.78 is 91.3. The Bertz CT molecular complexity index is 1130. The van der Waals surface area contributed by atoms with Gasteiger partial charge < -0.3 is 9.47 Å². The van der Waals surface area contributed by atoms with Gasteiger partial charge in [-0.05, 0) is 12.1 Å². The summed E-state index contributed by atoms with van der Waals surface area (Å²) in [5.41, 5.74) is -0.283. The lowest BCUT2D eigenvalue weighted by Crippen LogP contribution is -2.02. The maximum Gasteiger partial charge on any atom is 0.255 e. The zero-order chi connectivity index (χ0) is 22.2. The average Bonchev–Trinajstić information content (AvgIpc) is 2.71. The van der Waals surface area contributed by atoms with Crippen molar-refractivity contribution in [2.75, 3.05) is 0 Å². The summed E-state index contributed by atoms with van der Waals surface area (Å²) in [6, 6.07) is 2.87. The third kappa shape index (κ3) is 3.98. The molecule has 0 aliphatic carbocycles. The lowest BCUT2D eigenvalue weighted by atomic mass is 10.2. The van der Waals surface area contributed by atoms with E-state index in [0.717, 1.165) is 18.2 Å². The number of halogens is 8. The van der Waals surface area contributed by atoms with E-state index in [-0.39, 0.29) is 11.8 Å². The molecule has 156 valence electrons. The van der Waals surface area contributed by atoms with Crippen LogP contribution in [0.5, 0.6) is 23.0 Å². The number of hydrogen-bond acceptors (Lipinski definition) is 5. The Hall–Kier alpha value is -3.05. The molecule has 0 N–H and O–H groups in total. The predicted molar refractivity (Wildman–Crippen MR) is 90.2 cm³/mol. The number of carbonyl (C=O) groups excluding carboxylic acids is 1. The molecule has 0 unspecified atom stereocenters. The Morgan fingerprint density at radius 1 is 0.767 bits per heavy atom. The van der Waals surface area contributed by atoms with Crippen LogP contribution in [0.4, 0.5) is 26.3 Å². The van der Waals surface area contributed by atoms with Crippen LogP contribution in [-0.2, 0) is 0 Å². The van der Waals surface area contributed by atoms with Gasteiger partial charge in [0.25, 0.3) is 11.9 Å². The number of aromatic nitrogens is 2. The van der Waals surface area contributed by atoms with Crippen molar-refractivity contribution in [2.24, 2.45) is 0 Å². The molecule has 5 nitrogen and oxygen atoms in total. The molecule has 0 radical (unpaired) electrons. The van der Waals surface area contributed by atoms with Gasteiger partial charge in [0.1, 0.15) is 21.5 Å². The van der Waals surface area contributed by atoms with E-state index in [1.807, 2.05) is 0 Å². The number of nitrogens with zero attached hydrogens (tertiary/aromatic N) is 2. The van der Waals surface area contributed by atoms with Crippen LogP contribution in [0.15, 0.2) is 18.2 Å². The van der Waals surface area contributed by atoms with Gasteiger partial charge in [0.15, 0.2) is 17.8 Å². The van der Waals surface area contributed by atoms with Crippen molar-refractivity contribution in [3.05, 3.63) is 69.2 Å². The van der Waals surface area contributed by atoms with Crippen molar-refractivity contribution in [2.45, 2.75) is 0 Å². The quantitative estimate of drug-likeness (QED) is 0.260. The summed E-state index contributed by atoms with van der Waals surface area (Å²) in [5, 5.41) is -2.03. The topological polar surface area (TPSA) is 61.3 Å². The lowest BCUT2D eigenvalue weighted by molar-refractivity contribution is 0.112. The highest BCUT2D eigenvalue weighted by atomic mass is 35.5. The zero-order valence-corrected chi connectivity index (χ0v) is 15.5. The van der Waals surface area contributed by atoms with Gasteiger partial charge in [0.2, 0.25) is 23.5 Å². The molecular weight excluding hydrogens is 465 g/mol. The molecule has 1 aromatic carbocycles. The standard InChI is InChI=1S/C17H4Cl2F6N2O3/c18-8-12(10(20)16(24)26-14(8)22)29-6-2-1-5(4-28)7(3-6)30-13-9(19)15(23)27-17(25)11(13)21/h1-4H. The van der Waals surface area contributed by atoms with E-state index in [0.29, 0.717) is 0 Å². The first-order valence-electron chi connectivity index (χ1n) is 7.49. The van der Waals surface area contributed by atoms with Crippen molar-refractivity contribution in [1.29, 1.82) is 0 Å². The number of aldehydes is 1. The third-order valence-corrected chi connectivity index (χ3v) is 4.11. The summed E-state index contributed by atoms with van der Waals surface area (Å²) in [6.45, 7) is 0. The van der Waals surface area contributed by atoms with Gasteiger partial charge >= 0.3 is 0 Å². The summed E-state index contributed by atoms with van der Waals surface area (Å²) in [7, 11) is 0. The van der Waals surface area contributed by atoms with Crippen molar-refractivity contribution < 1.29 is 40.6 Å². The van der Waals surface area contributed by atoms with Gasteiger partial charge in [0.05, 0.1) is 5.56 Å². The Morgan fingerprint density at radius 3 is 1.77 bits per heavy atom. The van der Waals surface area contributed by atoms with Crippen molar-refractivity contribution in [3.8, 4) is 23.0 Å². The smallest absolute Gasteiger partial charge is 0.255 e. The maximum atomic E-state index is 13.9. The van der Waals surface area contributed by atoms with Gasteiger partial charge in [-0.3, -0.25) is 4.79 Å². The molecule has 3 aromatic rings. The SMILES string of the molecule is O=Cc1ccc(Oc2c(F)c(F)nc(F)c2Cl)cc1Oc1c(F)c(F)nc(F)c1Cl. The lowest BCUT2D eigenvalue weighted by Gasteiger charge is -2.14. The van der Waals surface area contributed by atoms with E-state index in [2.05, 4.69) is 9.97 Å². The molecule has 2 aromatic heterocycles. The Balaban J connectivity index is 2.06. The average molecular weight is 469 g/mol. The predicted octanol–water partition coefficient (Wildman–Crippen LogP) is 6.02. The van der Waals surface area contributed by atoms with Crippen molar-refractivity contribution in [1.82, 2.24) is 9.97 Å². The van der Waals surface area contributed by atoms with Gasteiger partial charge in [0, 0.05) is 6.07 Å². The van der Waals surface area contributed by atoms with Crippen LogP contribution in [0.3, 0.4) is 0 Å². The van der Waals surface area contributed by atoms with Gasteiger partial charge in [-0.1, -0.05) is 23.2 Å².